The number of amides is 1. The molecule has 0 unspecified atom stereocenters. The standard InChI is InChI=1S/C25H28N4O4S/c1-18-9-10-21(11-12-23-25(26-20(3)30)19(2)27-33-23)17-24(18)34(31,32)29-15-13-28(14-16-29)22-7-5-4-6-8-22/h4-12,17H,13-16H2,1-3H3,(H,26,30)/b12-11-. The molecule has 178 valence electrons. The van der Waals surface area contributed by atoms with Gasteiger partial charge in [0.25, 0.3) is 0 Å². The van der Waals surface area contributed by atoms with Gasteiger partial charge < -0.3 is 14.7 Å². The first-order valence-corrected chi connectivity index (χ1v) is 12.5. The molecule has 4 rings (SSSR count). The van der Waals surface area contributed by atoms with E-state index in [1.807, 2.05) is 36.4 Å². The maximum Gasteiger partial charge on any atom is 0.243 e. The molecular formula is C25H28N4O4S. The molecule has 0 atom stereocenters. The zero-order valence-electron chi connectivity index (χ0n) is 19.5. The van der Waals surface area contributed by atoms with E-state index in [9.17, 15) is 13.2 Å². The number of para-hydroxylation sites is 1. The van der Waals surface area contributed by atoms with Crippen molar-refractivity contribution in [1.29, 1.82) is 0 Å². The number of benzene rings is 2. The van der Waals surface area contributed by atoms with E-state index in [0.717, 1.165) is 5.69 Å². The largest absolute Gasteiger partial charge is 0.369 e. The molecule has 34 heavy (non-hydrogen) atoms. The van der Waals surface area contributed by atoms with Gasteiger partial charge in [0.1, 0.15) is 11.4 Å². The zero-order valence-corrected chi connectivity index (χ0v) is 20.3. The Kier molecular flexibility index (Phi) is 6.85. The van der Waals surface area contributed by atoms with Crippen molar-refractivity contribution in [3.63, 3.8) is 0 Å². The number of carbonyl (C=O) groups excluding carboxylic acids is 1. The van der Waals surface area contributed by atoms with Crippen molar-refractivity contribution in [3.05, 3.63) is 71.1 Å². The van der Waals surface area contributed by atoms with E-state index in [1.54, 1.807) is 42.4 Å². The lowest BCUT2D eigenvalue weighted by atomic mass is 10.1. The molecule has 0 aliphatic carbocycles. The number of aryl methyl sites for hydroxylation is 2. The van der Waals surface area contributed by atoms with Crippen molar-refractivity contribution in [1.82, 2.24) is 9.46 Å². The Morgan fingerprint density at radius 3 is 2.41 bits per heavy atom. The molecule has 0 saturated carbocycles. The number of rotatable bonds is 6. The highest BCUT2D eigenvalue weighted by Crippen LogP contribution is 2.26. The van der Waals surface area contributed by atoms with Crippen LogP contribution in [-0.4, -0.2) is 50.0 Å². The van der Waals surface area contributed by atoms with Crippen LogP contribution in [0.15, 0.2) is 57.9 Å². The van der Waals surface area contributed by atoms with Crippen LogP contribution in [0.1, 0.15) is 29.5 Å². The maximum atomic E-state index is 13.5. The molecule has 1 aliphatic heterocycles. The number of nitrogens with one attached hydrogen (secondary N) is 1. The molecule has 1 fully saturated rings. The smallest absolute Gasteiger partial charge is 0.243 e. The van der Waals surface area contributed by atoms with E-state index in [1.165, 1.54) is 6.92 Å². The Balaban J connectivity index is 1.53. The van der Waals surface area contributed by atoms with Crippen LogP contribution in [0.4, 0.5) is 11.4 Å². The van der Waals surface area contributed by atoms with Gasteiger partial charge in [-0.3, -0.25) is 4.79 Å². The summed E-state index contributed by atoms with van der Waals surface area (Å²) in [4.78, 5) is 13.9. The fourth-order valence-corrected chi connectivity index (χ4v) is 5.65. The second kappa shape index (κ2) is 9.82. The molecule has 0 spiro atoms. The lowest BCUT2D eigenvalue weighted by Crippen LogP contribution is -2.48. The molecule has 3 aromatic rings. The van der Waals surface area contributed by atoms with Crippen molar-refractivity contribution in [3.8, 4) is 0 Å². The van der Waals surface area contributed by atoms with Gasteiger partial charge in [0.05, 0.1) is 4.90 Å². The monoisotopic (exact) mass is 480 g/mol. The first-order valence-electron chi connectivity index (χ1n) is 11.1. The van der Waals surface area contributed by atoms with Crippen LogP contribution in [0.2, 0.25) is 0 Å². The molecule has 2 aromatic carbocycles. The van der Waals surface area contributed by atoms with E-state index in [-0.39, 0.29) is 5.91 Å². The van der Waals surface area contributed by atoms with Crippen molar-refractivity contribution in [2.45, 2.75) is 25.7 Å². The number of hydrogen-bond donors (Lipinski definition) is 1. The average Bonchev–Trinajstić information content (AvgIpc) is 3.17. The van der Waals surface area contributed by atoms with Crippen LogP contribution in [0.25, 0.3) is 12.2 Å². The molecule has 1 aromatic heterocycles. The van der Waals surface area contributed by atoms with Crippen LogP contribution >= 0.6 is 0 Å². The van der Waals surface area contributed by atoms with E-state index < -0.39 is 10.0 Å². The minimum atomic E-state index is -3.64. The predicted molar refractivity (Wildman–Crippen MR) is 133 cm³/mol. The maximum absolute atomic E-state index is 13.5. The molecule has 1 saturated heterocycles. The van der Waals surface area contributed by atoms with E-state index in [4.69, 9.17) is 4.52 Å². The Bertz CT molecular complexity index is 1310. The summed E-state index contributed by atoms with van der Waals surface area (Å²) in [5.74, 6) is 0.173. The van der Waals surface area contributed by atoms with Crippen LogP contribution in [0, 0.1) is 13.8 Å². The van der Waals surface area contributed by atoms with Gasteiger partial charge in [-0.2, -0.15) is 4.31 Å². The normalized spacial score (nSPS) is 15.1. The molecular weight excluding hydrogens is 452 g/mol. The Hall–Kier alpha value is -3.43. The molecule has 1 N–H and O–H groups in total. The zero-order chi connectivity index (χ0) is 24.3. The molecule has 1 aliphatic rings. The van der Waals surface area contributed by atoms with Crippen LogP contribution in [0.5, 0.6) is 0 Å². The lowest BCUT2D eigenvalue weighted by Gasteiger charge is -2.35. The Morgan fingerprint density at radius 1 is 1.03 bits per heavy atom. The fraction of sp³-hybridized carbons (Fsp3) is 0.280. The number of piperazine rings is 1. The van der Waals surface area contributed by atoms with Gasteiger partial charge in [0, 0.05) is 38.8 Å². The number of sulfonamides is 1. The highest BCUT2D eigenvalue weighted by Gasteiger charge is 2.29. The third kappa shape index (κ3) is 5.05. The average molecular weight is 481 g/mol. The summed E-state index contributed by atoms with van der Waals surface area (Å²) in [6.07, 6.45) is 3.42. The van der Waals surface area contributed by atoms with Gasteiger partial charge in [-0.15, -0.1) is 0 Å². The highest BCUT2D eigenvalue weighted by atomic mass is 32.2. The molecule has 0 radical (unpaired) electrons. The molecule has 8 nitrogen and oxygen atoms in total. The molecule has 9 heteroatoms. The summed E-state index contributed by atoms with van der Waals surface area (Å²) in [5.41, 5.74) is 3.56. The minimum absolute atomic E-state index is 0.225. The van der Waals surface area contributed by atoms with Gasteiger partial charge >= 0.3 is 0 Å². The number of anilines is 2. The second-order valence-electron chi connectivity index (χ2n) is 8.27. The molecule has 0 bridgehead atoms. The quantitative estimate of drug-likeness (QED) is 0.574. The van der Waals surface area contributed by atoms with Crippen molar-refractivity contribution in [2.24, 2.45) is 0 Å². The fourth-order valence-electron chi connectivity index (χ4n) is 3.96. The van der Waals surface area contributed by atoms with Gasteiger partial charge in [0.2, 0.25) is 15.9 Å². The van der Waals surface area contributed by atoms with Crippen LogP contribution in [0.3, 0.4) is 0 Å². The SMILES string of the molecule is CC(=O)Nc1c(C)noc1/C=C\c1ccc(C)c(S(=O)(=O)N2CCN(c3ccccc3)CC2)c1. The third-order valence-electron chi connectivity index (χ3n) is 5.81. The molecule has 1 amide bonds. The van der Waals surface area contributed by atoms with Gasteiger partial charge in [-0.05, 0) is 49.2 Å². The second-order valence-corrected chi connectivity index (χ2v) is 10.2. The lowest BCUT2D eigenvalue weighted by molar-refractivity contribution is -0.114. The van der Waals surface area contributed by atoms with Gasteiger partial charge in [-0.25, -0.2) is 8.42 Å². The first kappa shape index (κ1) is 23.7. The number of hydrogen-bond acceptors (Lipinski definition) is 6. The topological polar surface area (TPSA) is 95.8 Å². The third-order valence-corrected chi connectivity index (χ3v) is 7.85. The summed E-state index contributed by atoms with van der Waals surface area (Å²) in [5, 5.41) is 6.60. The van der Waals surface area contributed by atoms with Crippen LogP contribution < -0.4 is 10.2 Å². The summed E-state index contributed by atoms with van der Waals surface area (Å²) < 4.78 is 33.8. The number of nitrogens with zero attached hydrogens (tertiary/aromatic N) is 3. The van der Waals surface area contributed by atoms with Crippen molar-refractivity contribution >= 4 is 39.5 Å². The number of carbonyl (C=O) groups is 1. The van der Waals surface area contributed by atoms with Crippen molar-refractivity contribution < 1.29 is 17.7 Å². The predicted octanol–water partition coefficient (Wildman–Crippen LogP) is 3.93. The Labute approximate surface area is 199 Å². The van der Waals surface area contributed by atoms with Crippen molar-refractivity contribution in [2.75, 3.05) is 36.4 Å². The van der Waals surface area contributed by atoms with Crippen LogP contribution in [-0.2, 0) is 14.8 Å². The summed E-state index contributed by atoms with van der Waals surface area (Å²) in [7, 11) is -3.64. The van der Waals surface area contributed by atoms with E-state index >= 15 is 0 Å². The summed E-state index contributed by atoms with van der Waals surface area (Å²) in [6, 6.07) is 15.3. The number of aromatic nitrogens is 1. The van der Waals surface area contributed by atoms with Gasteiger partial charge in [0.15, 0.2) is 5.76 Å². The van der Waals surface area contributed by atoms with Gasteiger partial charge in [-0.1, -0.05) is 41.6 Å². The Morgan fingerprint density at radius 2 is 1.74 bits per heavy atom. The van der Waals surface area contributed by atoms with E-state index in [2.05, 4.69) is 15.4 Å². The minimum Gasteiger partial charge on any atom is -0.369 e. The van der Waals surface area contributed by atoms with E-state index in [0.29, 0.717) is 59.3 Å². The summed E-state index contributed by atoms with van der Waals surface area (Å²) >= 11 is 0. The summed E-state index contributed by atoms with van der Waals surface area (Å²) in [6.45, 7) is 7.08. The highest BCUT2D eigenvalue weighted by molar-refractivity contribution is 7.89. The molecule has 2 heterocycles. The first-order chi connectivity index (χ1) is 16.3.